The topological polar surface area (TPSA) is 89.9 Å². The van der Waals surface area contributed by atoms with Gasteiger partial charge in [0.05, 0.1) is 16.9 Å². The van der Waals surface area contributed by atoms with Gasteiger partial charge >= 0.3 is 6.01 Å². The van der Waals surface area contributed by atoms with Crippen molar-refractivity contribution in [1.29, 1.82) is 0 Å². The summed E-state index contributed by atoms with van der Waals surface area (Å²) in [6.07, 6.45) is 4.42. The number of nitrogens with one attached hydrogen (secondary N) is 1. The number of carbonyl (C=O) groups excluding carboxylic acids is 1. The van der Waals surface area contributed by atoms with Gasteiger partial charge in [-0.15, -0.1) is 0 Å². The molecule has 1 amide bonds. The molecule has 0 saturated heterocycles. The molecule has 1 fully saturated rings. The van der Waals surface area contributed by atoms with Crippen molar-refractivity contribution in [3.8, 4) is 17.3 Å². The molecule has 3 heterocycles. The van der Waals surface area contributed by atoms with Gasteiger partial charge in [-0.25, -0.2) is 31.9 Å². The minimum Gasteiger partial charge on any atom is -0.457 e. The molecule has 0 bridgehead atoms. The Labute approximate surface area is 209 Å². The van der Waals surface area contributed by atoms with E-state index in [-0.39, 0.29) is 47.8 Å². The van der Waals surface area contributed by atoms with Crippen LogP contribution in [0.4, 0.5) is 27.6 Å². The van der Waals surface area contributed by atoms with Crippen LogP contribution in [0.15, 0.2) is 43.0 Å². The van der Waals surface area contributed by atoms with E-state index in [9.17, 15) is 26.7 Å². The Balaban J connectivity index is 1.68. The highest BCUT2D eigenvalue weighted by atomic mass is 19.3. The smallest absolute Gasteiger partial charge is 0.316 e. The van der Waals surface area contributed by atoms with E-state index in [1.807, 2.05) is 0 Å². The summed E-state index contributed by atoms with van der Waals surface area (Å²) in [5.74, 6) is -8.12. The first-order valence-electron chi connectivity index (χ1n) is 11.6. The number of carbonyl (C=O) groups is 1. The Morgan fingerprint density at radius 2 is 1.89 bits per heavy atom. The van der Waals surface area contributed by atoms with Crippen LogP contribution >= 0.6 is 0 Å². The van der Waals surface area contributed by atoms with E-state index >= 15 is 0 Å². The number of rotatable bonds is 7. The van der Waals surface area contributed by atoms with Gasteiger partial charge in [-0.2, -0.15) is 0 Å². The predicted molar refractivity (Wildman–Crippen MR) is 124 cm³/mol. The van der Waals surface area contributed by atoms with Crippen molar-refractivity contribution in [2.45, 2.75) is 50.9 Å². The molecule has 0 aliphatic heterocycles. The normalized spacial score (nSPS) is 19.3. The minimum absolute atomic E-state index is 0.0407. The fourth-order valence-electron chi connectivity index (χ4n) is 4.33. The summed E-state index contributed by atoms with van der Waals surface area (Å²) in [4.78, 5) is 29.2. The van der Waals surface area contributed by atoms with Crippen LogP contribution in [-0.2, 0) is 0 Å². The Morgan fingerprint density at radius 1 is 1.16 bits per heavy atom. The molecule has 1 aliphatic carbocycles. The van der Waals surface area contributed by atoms with Crippen LogP contribution in [0.1, 0.15) is 55.1 Å². The quantitative estimate of drug-likeness (QED) is 0.390. The highest BCUT2D eigenvalue weighted by molar-refractivity contribution is 6.06. The van der Waals surface area contributed by atoms with Crippen molar-refractivity contribution in [3.63, 3.8) is 0 Å². The second-order valence-electron chi connectivity index (χ2n) is 9.20. The fourth-order valence-corrected chi connectivity index (χ4v) is 4.33. The molecule has 1 saturated carbocycles. The maximum absolute atomic E-state index is 14.7. The summed E-state index contributed by atoms with van der Waals surface area (Å²) in [7, 11) is 0. The second-order valence-corrected chi connectivity index (χ2v) is 9.20. The first-order valence-corrected chi connectivity index (χ1v) is 11.6. The number of hydrogen-bond acceptors (Lipinski definition) is 6. The van der Waals surface area contributed by atoms with E-state index in [1.54, 1.807) is 6.92 Å². The molecule has 3 aromatic rings. The predicted octanol–water partition coefficient (Wildman–Crippen LogP) is 5.90. The zero-order valence-electron chi connectivity index (χ0n) is 20.0. The van der Waals surface area contributed by atoms with Crippen molar-refractivity contribution in [2.75, 3.05) is 11.9 Å². The molecule has 0 aromatic carbocycles. The number of halogens is 5. The van der Waals surface area contributed by atoms with Crippen molar-refractivity contribution in [3.05, 3.63) is 60.1 Å². The Hall–Kier alpha value is -3.70. The average Bonchev–Trinajstić information content (AvgIpc) is 2.83. The Morgan fingerprint density at radius 3 is 2.54 bits per heavy atom. The highest BCUT2D eigenvalue weighted by Gasteiger charge is 2.41. The van der Waals surface area contributed by atoms with Gasteiger partial charge in [-0.05, 0) is 30.5 Å². The minimum atomic E-state index is -3.09. The number of hydrogen-bond donors (Lipinski definition) is 1. The van der Waals surface area contributed by atoms with E-state index < -0.39 is 42.0 Å². The summed E-state index contributed by atoms with van der Waals surface area (Å²) >= 11 is 0. The van der Waals surface area contributed by atoms with E-state index in [4.69, 9.17) is 4.74 Å². The van der Waals surface area contributed by atoms with E-state index in [1.165, 1.54) is 30.6 Å². The fraction of sp³-hybridized carbons (Fsp3) is 0.400. The van der Waals surface area contributed by atoms with E-state index in [0.29, 0.717) is 12.6 Å². The number of pyridine rings is 2. The molecule has 1 N–H and O–H groups in total. The molecular formula is C25H24F5N5O2. The van der Waals surface area contributed by atoms with Gasteiger partial charge in [0.2, 0.25) is 5.92 Å². The monoisotopic (exact) mass is 521 g/mol. The lowest BCUT2D eigenvalue weighted by atomic mass is 9.76. The van der Waals surface area contributed by atoms with Gasteiger partial charge in [0, 0.05) is 56.0 Å². The number of aromatic nitrogens is 4. The van der Waals surface area contributed by atoms with Gasteiger partial charge < -0.3 is 10.1 Å². The Kier molecular flexibility index (Phi) is 7.37. The summed E-state index contributed by atoms with van der Waals surface area (Å²) in [6.45, 7) is 1.43. The third kappa shape index (κ3) is 6.36. The van der Waals surface area contributed by atoms with Crippen LogP contribution in [0, 0.1) is 11.7 Å². The first kappa shape index (κ1) is 26.4. The number of nitrogens with zero attached hydrogens (tertiary/aromatic N) is 4. The second kappa shape index (κ2) is 10.3. The molecule has 3 aromatic heterocycles. The third-order valence-electron chi connectivity index (χ3n) is 6.06. The lowest BCUT2D eigenvalue weighted by Crippen LogP contribution is -2.31. The molecule has 37 heavy (non-hydrogen) atoms. The van der Waals surface area contributed by atoms with Crippen molar-refractivity contribution < 1.29 is 31.5 Å². The Bertz CT molecular complexity index is 1270. The van der Waals surface area contributed by atoms with Crippen LogP contribution in [0.3, 0.4) is 0 Å². The molecule has 12 heteroatoms. The van der Waals surface area contributed by atoms with Crippen molar-refractivity contribution in [2.24, 2.45) is 5.92 Å². The van der Waals surface area contributed by atoms with Gasteiger partial charge in [-0.3, -0.25) is 14.8 Å². The zero-order valence-corrected chi connectivity index (χ0v) is 20.0. The van der Waals surface area contributed by atoms with Gasteiger partial charge in [-0.1, -0.05) is 6.92 Å². The van der Waals surface area contributed by atoms with Crippen LogP contribution in [0.25, 0.3) is 11.3 Å². The molecule has 7 nitrogen and oxygen atoms in total. The molecule has 1 aliphatic rings. The number of anilines is 1. The summed E-state index contributed by atoms with van der Waals surface area (Å²) in [6, 6.07) is 3.77. The highest BCUT2D eigenvalue weighted by Crippen LogP contribution is 2.47. The molecule has 4 rings (SSSR count). The van der Waals surface area contributed by atoms with Crippen molar-refractivity contribution >= 4 is 11.6 Å². The van der Waals surface area contributed by atoms with Gasteiger partial charge in [0.1, 0.15) is 11.5 Å². The van der Waals surface area contributed by atoms with Crippen LogP contribution in [0.2, 0.25) is 0 Å². The lowest BCUT2D eigenvalue weighted by Gasteiger charge is -2.34. The molecule has 0 spiro atoms. The SMILES string of the molecule is CC1CC(F)(F)CCC1c1nccc(-c2ncccc2F)c1NC(=O)c1cnc(OCC(C)(F)F)nc1. The van der Waals surface area contributed by atoms with Gasteiger partial charge in [0.25, 0.3) is 11.8 Å². The standard InChI is InChI=1S/C25H24F5N5O2/c1-14-10-25(29,30)7-5-16(14)20-21(17(6-9-32-20)19-18(26)4-3-8-31-19)35-22(36)15-11-33-23(34-12-15)37-13-24(2,27)28/h3-4,6,8-9,11-12,14,16H,5,7,10,13H2,1-2H3,(H,35,36). The maximum atomic E-state index is 14.7. The molecule has 196 valence electrons. The average molecular weight is 521 g/mol. The zero-order chi connectivity index (χ0) is 26.8. The lowest BCUT2D eigenvalue weighted by molar-refractivity contribution is -0.0558. The number of amides is 1. The summed E-state index contributed by atoms with van der Waals surface area (Å²) in [5, 5.41) is 2.70. The number of ether oxygens (including phenoxy) is 1. The van der Waals surface area contributed by atoms with Crippen molar-refractivity contribution in [1.82, 2.24) is 19.9 Å². The molecule has 0 radical (unpaired) electrons. The van der Waals surface area contributed by atoms with Crippen LogP contribution < -0.4 is 10.1 Å². The largest absolute Gasteiger partial charge is 0.457 e. The van der Waals surface area contributed by atoms with E-state index in [2.05, 4.69) is 25.3 Å². The summed E-state index contributed by atoms with van der Waals surface area (Å²) in [5.41, 5.74) is 0.618. The first-order chi connectivity index (χ1) is 17.4. The van der Waals surface area contributed by atoms with E-state index in [0.717, 1.165) is 12.4 Å². The maximum Gasteiger partial charge on any atom is 0.316 e. The summed E-state index contributed by atoms with van der Waals surface area (Å²) < 4.78 is 73.5. The van der Waals surface area contributed by atoms with Crippen LogP contribution in [-0.4, -0.2) is 44.3 Å². The van der Waals surface area contributed by atoms with Crippen LogP contribution in [0.5, 0.6) is 6.01 Å². The molecular weight excluding hydrogens is 497 g/mol. The molecule has 2 unspecified atom stereocenters. The van der Waals surface area contributed by atoms with Gasteiger partial charge in [0.15, 0.2) is 6.61 Å². The third-order valence-corrected chi connectivity index (χ3v) is 6.06. The number of alkyl halides is 4. The molecule has 2 atom stereocenters.